The molecule has 1 aromatic heterocycles. The van der Waals surface area contributed by atoms with Crippen LogP contribution in [0.3, 0.4) is 0 Å². The van der Waals surface area contributed by atoms with Crippen LogP contribution in [0.4, 0.5) is 13.2 Å². The van der Waals surface area contributed by atoms with Crippen LogP contribution in [0, 0.1) is 16.7 Å². The maximum atomic E-state index is 14.1. The van der Waals surface area contributed by atoms with Crippen molar-refractivity contribution in [3.63, 3.8) is 0 Å². The lowest BCUT2D eigenvalue weighted by molar-refractivity contribution is -0.192. The second-order valence-electron chi connectivity index (χ2n) is 7.60. The Kier molecular flexibility index (Phi) is 4.47. The minimum atomic E-state index is -4.79. The highest BCUT2D eigenvalue weighted by Crippen LogP contribution is 2.50. The predicted molar refractivity (Wildman–Crippen MR) is 94.7 cm³/mol. The molecule has 0 spiro atoms. The first-order valence-corrected chi connectivity index (χ1v) is 10.6. The molecule has 2 aliphatic rings. The first kappa shape index (κ1) is 19.8. The van der Waals surface area contributed by atoms with Crippen LogP contribution >= 0.6 is 0 Å². The molecule has 1 unspecified atom stereocenters. The zero-order chi connectivity index (χ0) is 20.9. The lowest BCUT2D eigenvalue weighted by atomic mass is 9.86. The summed E-state index contributed by atoms with van der Waals surface area (Å²) in [5.74, 6) is -1.11. The third-order valence-corrected chi connectivity index (χ3v) is 7.60. The number of rotatable bonds is 5. The summed E-state index contributed by atoms with van der Waals surface area (Å²) in [6.07, 6.45) is -4.44. The van der Waals surface area contributed by atoms with Crippen LogP contribution in [0.1, 0.15) is 25.2 Å². The molecule has 11 heteroatoms. The molecule has 1 aliphatic heterocycles. The van der Waals surface area contributed by atoms with Crippen molar-refractivity contribution < 1.29 is 26.1 Å². The summed E-state index contributed by atoms with van der Waals surface area (Å²) in [4.78, 5) is 3.95. The second-order valence-corrected chi connectivity index (χ2v) is 9.57. The molecule has 0 bridgehead atoms. The van der Waals surface area contributed by atoms with E-state index in [0.29, 0.717) is 18.4 Å². The number of halogens is 3. The molecule has 29 heavy (non-hydrogen) atoms. The van der Waals surface area contributed by atoms with E-state index in [1.807, 2.05) is 6.07 Å². The zero-order valence-electron chi connectivity index (χ0n) is 15.2. The Labute approximate surface area is 165 Å². The third kappa shape index (κ3) is 3.40. The number of alkyl halides is 3. The average molecular weight is 426 g/mol. The van der Waals surface area contributed by atoms with E-state index in [2.05, 4.69) is 10.1 Å². The van der Waals surface area contributed by atoms with Crippen LogP contribution in [0.25, 0.3) is 11.4 Å². The number of sulfonamides is 1. The van der Waals surface area contributed by atoms with Gasteiger partial charge in [0.2, 0.25) is 21.7 Å². The smallest absolute Gasteiger partial charge is 0.338 e. The predicted octanol–water partition coefficient (Wildman–Crippen LogP) is 2.88. The monoisotopic (exact) mass is 426 g/mol. The topological polar surface area (TPSA) is 100 Å². The zero-order valence-corrected chi connectivity index (χ0v) is 16.0. The van der Waals surface area contributed by atoms with Gasteiger partial charge in [-0.15, -0.1) is 0 Å². The minimum Gasteiger partial charge on any atom is -0.338 e. The summed E-state index contributed by atoms with van der Waals surface area (Å²) in [7, 11) is -4.03. The Bertz CT molecular complexity index is 1060. The molecule has 1 atom stereocenters. The van der Waals surface area contributed by atoms with Gasteiger partial charge >= 0.3 is 6.18 Å². The molecule has 7 nitrogen and oxygen atoms in total. The van der Waals surface area contributed by atoms with Gasteiger partial charge in [-0.2, -0.15) is 23.4 Å². The van der Waals surface area contributed by atoms with Crippen molar-refractivity contribution in [2.24, 2.45) is 5.41 Å². The van der Waals surface area contributed by atoms with E-state index in [1.54, 1.807) is 30.3 Å². The SMILES string of the molecule is N#CC1(CS(=O)(=O)N2CCC(c3nc(-c4ccccc4)no3)(C(F)(F)F)C2)CC1. The molecular formula is C18H17F3N4O3S. The minimum absolute atomic E-state index is 0.00643. The van der Waals surface area contributed by atoms with E-state index in [9.17, 15) is 21.6 Å². The summed E-state index contributed by atoms with van der Waals surface area (Å²) >= 11 is 0. The number of aromatic nitrogens is 2. The largest absolute Gasteiger partial charge is 0.404 e. The van der Waals surface area contributed by atoms with Crippen LogP contribution < -0.4 is 0 Å². The standard InChI is InChI=1S/C18H17F3N4O3S/c19-18(20,21)17(15-23-14(24-28-15)13-4-2-1-3-5-13)8-9-25(11-17)29(26,27)12-16(10-22)6-7-16/h1-5H,6-9,11-12H2. The summed E-state index contributed by atoms with van der Waals surface area (Å²) in [5, 5.41) is 12.8. The molecule has 1 aliphatic carbocycles. The number of nitriles is 1. The molecule has 1 aromatic carbocycles. The summed E-state index contributed by atoms with van der Waals surface area (Å²) < 4.78 is 73.4. The van der Waals surface area contributed by atoms with E-state index < -0.39 is 51.6 Å². The lowest BCUT2D eigenvalue weighted by Gasteiger charge is -2.28. The van der Waals surface area contributed by atoms with Crippen LogP contribution in [0.5, 0.6) is 0 Å². The van der Waals surface area contributed by atoms with Gasteiger partial charge in [-0.25, -0.2) is 12.7 Å². The lowest BCUT2D eigenvalue weighted by Crippen LogP contribution is -2.46. The van der Waals surface area contributed by atoms with Crippen molar-refractivity contribution >= 4 is 10.0 Å². The van der Waals surface area contributed by atoms with Crippen molar-refractivity contribution in [1.82, 2.24) is 14.4 Å². The van der Waals surface area contributed by atoms with Crippen LogP contribution in [0.15, 0.2) is 34.9 Å². The highest BCUT2D eigenvalue weighted by Gasteiger charge is 2.64. The van der Waals surface area contributed by atoms with E-state index in [4.69, 9.17) is 9.78 Å². The van der Waals surface area contributed by atoms with Crippen molar-refractivity contribution in [1.29, 1.82) is 5.26 Å². The van der Waals surface area contributed by atoms with Crippen LogP contribution in [-0.4, -0.2) is 47.9 Å². The molecule has 0 N–H and O–H groups in total. The van der Waals surface area contributed by atoms with Gasteiger partial charge in [0, 0.05) is 18.7 Å². The van der Waals surface area contributed by atoms with Gasteiger partial charge < -0.3 is 4.52 Å². The van der Waals surface area contributed by atoms with E-state index in [1.165, 1.54) is 0 Å². The van der Waals surface area contributed by atoms with E-state index in [-0.39, 0.29) is 12.4 Å². The molecule has 1 saturated carbocycles. The maximum absolute atomic E-state index is 14.1. The first-order valence-electron chi connectivity index (χ1n) is 8.96. The Balaban J connectivity index is 1.65. The van der Waals surface area contributed by atoms with Crippen molar-refractivity contribution in [3.8, 4) is 17.5 Å². The molecular weight excluding hydrogens is 409 g/mol. The average Bonchev–Trinajstić information content (AvgIpc) is 3.10. The number of nitrogens with zero attached hydrogens (tertiary/aromatic N) is 4. The van der Waals surface area contributed by atoms with E-state index in [0.717, 1.165) is 4.31 Å². The Morgan fingerprint density at radius 2 is 1.90 bits per heavy atom. The number of hydrogen-bond donors (Lipinski definition) is 0. The van der Waals surface area contributed by atoms with Crippen LogP contribution in [-0.2, 0) is 15.4 Å². The van der Waals surface area contributed by atoms with Gasteiger partial charge in [0.05, 0.1) is 17.2 Å². The fraction of sp³-hybridized carbons (Fsp3) is 0.500. The molecule has 4 rings (SSSR count). The van der Waals surface area contributed by atoms with Crippen molar-refractivity contribution in [2.75, 3.05) is 18.8 Å². The number of benzene rings is 1. The molecule has 2 heterocycles. The summed E-state index contributed by atoms with van der Waals surface area (Å²) in [6.45, 7) is -1.16. The Morgan fingerprint density at radius 1 is 1.21 bits per heavy atom. The fourth-order valence-corrected chi connectivity index (χ4v) is 5.56. The van der Waals surface area contributed by atoms with Crippen molar-refractivity contribution in [3.05, 3.63) is 36.2 Å². The van der Waals surface area contributed by atoms with Gasteiger partial charge in [0.1, 0.15) is 0 Å². The molecule has 1 saturated heterocycles. The molecule has 0 amide bonds. The number of hydrogen-bond acceptors (Lipinski definition) is 6. The van der Waals surface area contributed by atoms with E-state index >= 15 is 0 Å². The fourth-order valence-electron chi connectivity index (χ4n) is 3.54. The summed E-state index contributed by atoms with van der Waals surface area (Å²) in [6, 6.07) is 10.4. The molecule has 154 valence electrons. The normalized spacial score (nSPS) is 24.3. The van der Waals surface area contributed by atoms with Gasteiger partial charge in [0.25, 0.3) is 0 Å². The van der Waals surface area contributed by atoms with Crippen LogP contribution in [0.2, 0.25) is 0 Å². The third-order valence-electron chi connectivity index (χ3n) is 5.59. The summed E-state index contributed by atoms with van der Waals surface area (Å²) in [5.41, 5.74) is -3.07. The quantitative estimate of drug-likeness (QED) is 0.729. The highest BCUT2D eigenvalue weighted by molar-refractivity contribution is 7.89. The second kappa shape index (κ2) is 6.53. The van der Waals surface area contributed by atoms with Gasteiger partial charge in [-0.05, 0) is 19.3 Å². The van der Waals surface area contributed by atoms with Gasteiger partial charge in [0.15, 0.2) is 5.41 Å². The Hall–Kier alpha value is -2.45. The molecule has 0 radical (unpaired) electrons. The van der Waals surface area contributed by atoms with Gasteiger partial charge in [-0.3, -0.25) is 0 Å². The molecule has 2 fully saturated rings. The highest BCUT2D eigenvalue weighted by atomic mass is 32.2. The first-order chi connectivity index (χ1) is 13.6. The Morgan fingerprint density at radius 3 is 2.48 bits per heavy atom. The van der Waals surface area contributed by atoms with Gasteiger partial charge in [-0.1, -0.05) is 35.5 Å². The molecule has 2 aromatic rings. The maximum Gasteiger partial charge on any atom is 0.404 e. The van der Waals surface area contributed by atoms with Crippen molar-refractivity contribution in [2.45, 2.75) is 30.9 Å².